The van der Waals surface area contributed by atoms with Crippen molar-refractivity contribution in [2.24, 2.45) is 0 Å². The van der Waals surface area contributed by atoms with E-state index < -0.39 is 0 Å². The van der Waals surface area contributed by atoms with Gasteiger partial charge in [-0.2, -0.15) is 0 Å². The lowest BCUT2D eigenvalue weighted by molar-refractivity contribution is 0.281. The van der Waals surface area contributed by atoms with Gasteiger partial charge in [-0.05, 0) is 24.6 Å². The molecule has 0 amide bonds. The Kier molecular flexibility index (Phi) is 4.10. The summed E-state index contributed by atoms with van der Waals surface area (Å²) in [7, 11) is 0. The van der Waals surface area contributed by atoms with Crippen LogP contribution in [-0.4, -0.2) is 10.1 Å². The highest BCUT2D eigenvalue weighted by Gasteiger charge is 2.02. The van der Waals surface area contributed by atoms with Crippen LogP contribution in [0.3, 0.4) is 0 Å². The van der Waals surface area contributed by atoms with Crippen LogP contribution in [0.25, 0.3) is 6.08 Å². The van der Waals surface area contributed by atoms with E-state index in [2.05, 4.69) is 4.98 Å². The van der Waals surface area contributed by atoms with Crippen LogP contribution < -0.4 is 4.74 Å². The molecule has 0 bridgehead atoms. The highest BCUT2D eigenvalue weighted by molar-refractivity contribution is 5.57. The zero-order valence-electron chi connectivity index (χ0n) is 10.2. The summed E-state index contributed by atoms with van der Waals surface area (Å²) in [6, 6.07) is 11.3. The van der Waals surface area contributed by atoms with Crippen LogP contribution in [0.5, 0.6) is 11.6 Å². The second-order valence-corrected chi connectivity index (χ2v) is 3.80. The van der Waals surface area contributed by atoms with E-state index in [0.717, 1.165) is 16.9 Å². The van der Waals surface area contributed by atoms with E-state index in [4.69, 9.17) is 9.84 Å². The number of nitrogens with zero attached hydrogens (tertiary/aromatic N) is 1. The third-order valence-electron chi connectivity index (χ3n) is 2.46. The number of hydrogen-bond acceptors (Lipinski definition) is 3. The number of rotatable bonds is 4. The summed E-state index contributed by atoms with van der Waals surface area (Å²) in [5.41, 5.74) is 1.78. The number of hydrogen-bond donors (Lipinski definition) is 1. The third-order valence-corrected chi connectivity index (χ3v) is 2.46. The molecule has 1 heterocycles. The second-order valence-electron chi connectivity index (χ2n) is 3.80. The molecule has 0 radical (unpaired) electrons. The maximum absolute atomic E-state index is 8.94. The Hall–Kier alpha value is -2.13. The Labute approximate surface area is 106 Å². The standard InChI is InChI=1S/C15H15NO2/c1-2-5-13-6-3-4-7-14(13)18-15-9-8-12(11-17)10-16-15/h2-10,17H,11H2,1H3. The van der Waals surface area contributed by atoms with E-state index in [1.165, 1.54) is 0 Å². The van der Waals surface area contributed by atoms with Gasteiger partial charge in [0.15, 0.2) is 0 Å². The molecule has 18 heavy (non-hydrogen) atoms. The van der Waals surface area contributed by atoms with Crippen LogP contribution in [0.2, 0.25) is 0 Å². The SMILES string of the molecule is CC=Cc1ccccc1Oc1ccc(CO)cn1. The van der Waals surface area contributed by atoms with E-state index in [-0.39, 0.29) is 6.61 Å². The maximum Gasteiger partial charge on any atom is 0.219 e. The average molecular weight is 241 g/mol. The van der Waals surface area contributed by atoms with Crippen molar-refractivity contribution in [2.45, 2.75) is 13.5 Å². The van der Waals surface area contributed by atoms with Crippen molar-refractivity contribution in [1.29, 1.82) is 0 Å². The van der Waals surface area contributed by atoms with Crippen molar-refractivity contribution in [3.8, 4) is 11.6 Å². The molecule has 1 aromatic carbocycles. The predicted octanol–water partition coefficient (Wildman–Crippen LogP) is 3.40. The maximum atomic E-state index is 8.94. The molecule has 0 aliphatic rings. The van der Waals surface area contributed by atoms with Crippen LogP contribution in [0, 0.1) is 0 Å². The van der Waals surface area contributed by atoms with E-state index in [9.17, 15) is 0 Å². The summed E-state index contributed by atoms with van der Waals surface area (Å²) in [4.78, 5) is 4.14. The molecule has 0 saturated heterocycles. The molecule has 92 valence electrons. The van der Waals surface area contributed by atoms with Crippen LogP contribution in [0.1, 0.15) is 18.1 Å². The van der Waals surface area contributed by atoms with Gasteiger partial charge in [-0.1, -0.05) is 30.4 Å². The molecule has 1 aromatic heterocycles. The van der Waals surface area contributed by atoms with Gasteiger partial charge in [0.2, 0.25) is 5.88 Å². The second kappa shape index (κ2) is 5.98. The summed E-state index contributed by atoms with van der Waals surface area (Å²) in [6.45, 7) is 1.95. The summed E-state index contributed by atoms with van der Waals surface area (Å²) in [5.74, 6) is 1.28. The molecule has 2 aromatic rings. The smallest absolute Gasteiger partial charge is 0.219 e. The normalized spacial score (nSPS) is 10.8. The number of allylic oxidation sites excluding steroid dienone is 1. The summed E-state index contributed by atoms with van der Waals surface area (Å²) in [5, 5.41) is 8.94. The largest absolute Gasteiger partial charge is 0.438 e. The molecule has 0 atom stereocenters. The Bertz CT molecular complexity index is 532. The van der Waals surface area contributed by atoms with Crippen molar-refractivity contribution in [1.82, 2.24) is 4.98 Å². The first kappa shape index (κ1) is 12.3. The molecule has 0 unspecified atom stereocenters. The summed E-state index contributed by atoms with van der Waals surface area (Å²) < 4.78 is 5.72. The molecule has 0 fully saturated rings. The van der Waals surface area contributed by atoms with E-state index in [1.807, 2.05) is 43.3 Å². The molecule has 3 heteroatoms. The highest BCUT2D eigenvalue weighted by Crippen LogP contribution is 2.24. The minimum atomic E-state index is -0.0115. The molecule has 0 saturated carbocycles. The number of benzene rings is 1. The molecule has 0 aliphatic carbocycles. The number of aliphatic hydroxyl groups excluding tert-OH is 1. The van der Waals surface area contributed by atoms with Gasteiger partial charge >= 0.3 is 0 Å². The monoisotopic (exact) mass is 241 g/mol. The highest BCUT2D eigenvalue weighted by atomic mass is 16.5. The van der Waals surface area contributed by atoms with Crippen LogP contribution in [0.4, 0.5) is 0 Å². The number of para-hydroxylation sites is 1. The number of pyridine rings is 1. The molecular formula is C15H15NO2. The van der Waals surface area contributed by atoms with Gasteiger partial charge < -0.3 is 9.84 Å². The zero-order valence-corrected chi connectivity index (χ0v) is 10.2. The Morgan fingerprint density at radius 1 is 1.22 bits per heavy atom. The quantitative estimate of drug-likeness (QED) is 0.892. The van der Waals surface area contributed by atoms with Crippen LogP contribution in [-0.2, 0) is 6.61 Å². The summed E-state index contributed by atoms with van der Waals surface area (Å²) in [6.07, 6.45) is 5.55. The van der Waals surface area contributed by atoms with Crippen molar-refractivity contribution in [2.75, 3.05) is 0 Å². The van der Waals surface area contributed by atoms with E-state index in [1.54, 1.807) is 18.3 Å². The van der Waals surface area contributed by atoms with Gasteiger partial charge in [0.25, 0.3) is 0 Å². The lowest BCUT2D eigenvalue weighted by Gasteiger charge is -2.08. The minimum absolute atomic E-state index is 0.0115. The average Bonchev–Trinajstić information content (AvgIpc) is 2.42. The van der Waals surface area contributed by atoms with Crippen molar-refractivity contribution in [3.05, 3.63) is 59.8 Å². The molecule has 3 nitrogen and oxygen atoms in total. The Balaban J connectivity index is 2.22. The van der Waals surface area contributed by atoms with Crippen molar-refractivity contribution < 1.29 is 9.84 Å². The van der Waals surface area contributed by atoms with Gasteiger partial charge in [-0.25, -0.2) is 4.98 Å². The van der Waals surface area contributed by atoms with E-state index in [0.29, 0.717) is 5.88 Å². The third kappa shape index (κ3) is 2.96. The summed E-state index contributed by atoms with van der Waals surface area (Å²) >= 11 is 0. The topological polar surface area (TPSA) is 42.4 Å². The fraction of sp³-hybridized carbons (Fsp3) is 0.133. The Morgan fingerprint density at radius 2 is 2.06 bits per heavy atom. The first-order valence-electron chi connectivity index (χ1n) is 5.79. The molecule has 2 rings (SSSR count). The van der Waals surface area contributed by atoms with Crippen LogP contribution in [0.15, 0.2) is 48.7 Å². The molecule has 1 N–H and O–H groups in total. The first-order chi connectivity index (χ1) is 8.83. The first-order valence-corrected chi connectivity index (χ1v) is 5.79. The number of ether oxygens (including phenoxy) is 1. The molecule has 0 aliphatic heterocycles. The molecule has 0 spiro atoms. The lowest BCUT2D eigenvalue weighted by Crippen LogP contribution is -1.91. The lowest BCUT2D eigenvalue weighted by atomic mass is 10.2. The fourth-order valence-corrected chi connectivity index (χ4v) is 1.57. The van der Waals surface area contributed by atoms with Crippen molar-refractivity contribution >= 4 is 6.08 Å². The minimum Gasteiger partial charge on any atom is -0.438 e. The van der Waals surface area contributed by atoms with Crippen molar-refractivity contribution in [3.63, 3.8) is 0 Å². The Morgan fingerprint density at radius 3 is 2.72 bits per heavy atom. The predicted molar refractivity (Wildman–Crippen MR) is 71.4 cm³/mol. The van der Waals surface area contributed by atoms with Gasteiger partial charge in [0.05, 0.1) is 6.61 Å². The fourth-order valence-electron chi connectivity index (χ4n) is 1.57. The zero-order chi connectivity index (χ0) is 12.8. The van der Waals surface area contributed by atoms with E-state index >= 15 is 0 Å². The van der Waals surface area contributed by atoms with Gasteiger partial charge in [-0.3, -0.25) is 0 Å². The van der Waals surface area contributed by atoms with Crippen LogP contribution >= 0.6 is 0 Å². The number of aliphatic hydroxyl groups is 1. The van der Waals surface area contributed by atoms with Gasteiger partial charge in [0, 0.05) is 17.8 Å². The van der Waals surface area contributed by atoms with Gasteiger partial charge in [0.1, 0.15) is 5.75 Å². The number of aromatic nitrogens is 1. The van der Waals surface area contributed by atoms with Gasteiger partial charge in [-0.15, -0.1) is 0 Å². The molecular weight excluding hydrogens is 226 g/mol.